The molecule has 0 saturated heterocycles. The highest BCUT2D eigenvalue weighted by Gasteiger charge is 2.07. The van der Waals surface area contributed by atoms with Gasteiger partial charge in [0.25, 0.3) is 0 Å². The van der Waals surface area contributed by atoms with E-state index in [1.165, 1.54) is 16.7 Å². The fraction of sp³-hybridized carbons (Fsp3) is 0.286. The van der Waals surface area contributed by atoms with E-state index >= 15 is 0 Å². The van der Waals surface area contributed by atoms with Crippen molar-refractivity contribution >= 4 is 0 Å². The lowest BCUT2D eigenvalue weighted by atomic mass is 10.0. The zero-order chi connectivity index (χ0) is 11.4. The Hall–Kier alpha value is -1.54. The minimum absolute atomic E-state index is 0.763. The molecule has 2 rings (SSSR count). The van der Waals surface area contributed by atoms with Crippen LogP contribution in [0, 0.1) is 0 Å². The minimum atomic E-state index is 0.763. The summed E-state index contributed by atoms with van der Waals surface area (Å²) < 4.78 is 5.47. The molecule has 0 fully saturated rings. The van der Waals surface area contributed by atoms with E-state index in [9.17, 15) is 0 Å². The summed E-state index contributed by atoms with van der Waals surface area (Å²) in [6, 6.07) is 10.6. The largest absolute Gasteiger partial charge is 0.467 e. The lowest BCUT2D eigenvalue weighted by molar-refractivity contribution is 0.497. The average molecular weight is 215 g/mol. The van der Waals surface area contributed by atoms with Crippen LogP contribution in [0.2, 0.25) is 0 Å². The molecule has 0 spiro atoms. The number of rotatable bonds is 4. The molecule has 16 heavy (non-hydrogen) atoms. The molecule has 2 nitrogen and oxygen atoms in total. The molecule has 0 aliphatic rings. The summed E-state index contributed by atoms with van der Waals surface area (Å²) in [5.41, 5.74) is 3.78. The van der Waals surface area contributed by atoms with Gasteiger partial charge in [0.05, 0.1) is 12.8 Å². The van der Waals surface area contributed by atoms with Gasteiger partial charge in [0.2, 0.25) is 0 Å². The number of aryl methyl sites for hydroxylation is 1. The summed E-state index contributed by atoms with van der Waals surface area (Å²) in [6.45, 7) is 2.93. The Balaban J connectivity index is 2.37. The van der Waals surface area contributed by atoms with Crippen LogP contribution < -0.4 is 5.32 Å². The zero-order valence-corrected chi connectivity index (χ0v) is 9.79. The van der Waals surface area contributed by atoms with Crippen LogP contribution in [0.4, 0.5) is 0 Å². The fourth-order valence-electron chi connectivity index (χ4n) is 1.85. The monoisotopic (exact) mass is 215 g/mol. The van der Waals surface area contributed by atoms with Crippen LogP contribution in [0.1, 0.15) is 18.2 Å². The van der Waals surface area contributed by atoms with E-state index < -0.39 is 0 Å². The Morgan fingerprint density at radius 3 is 2.88 bits per heavy atom. The molecule has 1 N–H and O–H groups in total. The molecule has 0 amide bonds. The average Bonchev–Trinajstić information content (AvgIpc) is 2.78. The van der Waals surface area contributed by atoms with E-state index in [0.29, 0.717) is 0 Å². The third-order valence-electron chi connectivity index (χ3n) is 2.73. The van der Waals surface area contributed by atoms with Crippen molar-refractivity contribution in [1.29, 1.82) is 0 Å². The molecule has 84 valence electrons. The van der Waals surface area contributed by atoms with Crippen LogP contribution in [0.3, 0.4) is 0 Å². The summed E-state index contributed by atoms with van der Waals surface area (Å²) in [5, 5.41) is 3.12. The SMILES string of the molecule is CCc1cccc(-c2ccoc2CNC)c1. The minimum Gasteiger partial charge on any atom is -0.467 e. The number of nitrogens with one attached hydrogen (secondary N) is 1. The van der Waals surface area contributed by atoms with E-state index in [4.69, 9.17) is 4.42 Å². The third-order valence-corrected chi connectivity index (χ3v) is 2.73. The maximum atomic E-state index is 5.47. The van der Waals surface area contributed by atoms with Crippen molar-refractivity contribution in [2.45, 2.75) is 19.9 Å². The first-order valence-electron chi connectivity index (χ1n) is 5.65. The van der Waals surface area contributed by atoms with Crippen LogP contribution in [0.5, 0.6) is 0 Å². The van der Waals surface area contributed by atoms with Crippen molar-refractivity contribution in [3.8, 4) is 11.1 Å². The molecule has 0 radical (unpaired) electrons. The van der Waals surface area contributed by atoms with E-state index in [2.05, 4.69) is 36.5 Å². The van der Waals surface area contributed by atoms with Crippen molar-refractivity contribution < 1.29 is 4.42 Å². The fourth-order valence-corrected chi connectivity index (χ4v) is 1.85. The highest BCUT2D eigenvalue weighted by molar-refractivity contribution is 5.66. The van der Waals surface area contributed by atoms with Gasteiger partial charge in [-0.15, -0.1) is 0 Å². The molecule has 0 aliphatic heterocycles. The topological polar surface area (TPSA) is 25.2 Å². The summed E-state index contributed by atoms with van der Waals surface area (Å²) in [6.07, 6.45) is 2.81. The highest BCUT2D eigenvalue weighted by atomic mass is 16.3. The van der Waals surface area contributed by atoms with Gasteiger partial charge in [-0.1, -0.05) is 31.2 Å². The number of hydrogen-bond acceptors (Lipinski definition) is 2. The van der Waals surface area contributed by atoms with Crippen molar-refractivity contribution in [3.05, 3.63) is 47.9 Å². The number of benzene rings is 1. The van der Waals surface area contributed by atoms with Gasteiger partial charge in [0.1, 0.15) is 5.76 Å². The molecular formula is C14H17NO. The van der Waals surface area contributed by atoms with Crippen LogP contribution in [-0.4, -0.2) is 7.05 Å². The molecule has 0 unspecified atom stereocenters. The van der Waals surface area contributed by atoms with E-state index in [-0.39, 0.29) is 0 Å². The third kappa shape index (κ3) is 2.17. The van der Waals surface area contributed by atoms with Crippen LogP contribution in [0.15, 0.2) is 41.0 Å². The second-order valence-corrected chi connectivity index (χ2v) is 3.84. The van der Waals surface area contributed by atoms with Gasteiger partial charge >= 0.3 is 0 Å². The zero-order valence-electron chi connectivity index (χ0n) is 9.79. The van der Waals surface area contributed by atoms with Gasteiger partial charge in [-0.2, -0.15) is 0 Å². The first-order valence-corrected chi connectivity index (χ1v) is 5.65. The van der Waals surface area contributed by atoms with E-state index in [1.54, 1.807) is 6.26 Å². The lowest BCUT2D eigenvalue weighted by Gasteiger charge is -2.04. The van der Waals surface area contributed by atoms with E-state index in [0.717, 1.165) is 18.7 Å². The summed E-state index contributed by atoms with van der Waals surface area (Å²) in [4.78, 5) is 0. The molecule has 0 aliphatic carbocycles. The maximum absolute atomic E-state index is 5.47. The standard InChI is InChI=1S/C14H17NO/c1-3-11-5-4-6-12(9-11)13-7-8-16-14(13)10-15-2/h4-9,15H,3,10H2,1-2H3. The van der Waals surface area contributed by atoms with Crippen molar-refractivity contribution in [2.75, 3.05) is 7.05 Å². The second-order valence-electron chi connectivity index (χ2n) is 3.84. The molecule has 0 saturated carbocycles. The number of furan rings is 1. The van der Waals surface area contributed by atoms with Gasteiger partial charge in [0.15, 0.2) is 0 Å². The summed E-state index contributed by atoms with van der Waals surface area (Å²) in [7, 11) is 1.93. The smallest absolute Gasteiger partial charge is 0.125 e. The van der Waals surface area contributed by atoms with Gasteiger partial charge in [-0.25, -0.2) is 0 Å². The van der Waals surface area contributed by atoms with Crippen molar-refractivity contribution in [2.24, 2.45) is 0 Å². The Kier molecular flexibility index (Phi) is 3.42. The first-order chi connectivity index (χ1) is 7.85. The molecular weight excluding hydrogens is 198 g/mol. The second kappa shape index (κ2) is 4.99. The summed E-state index contributed by atoms with van der Waals surface area (Å²) >= 11 is 0. The van der Waals surface area contributed by atoms with Crippen LogP contribution >= 0.6 is 0 Å². The molecule has 1 aromatic heterocycles. The van der Waals surface area contributed by atoms with Crippen molar-refractivity contribution in [3.63, 3.8) is 0 Å². The van der Waals surface area contributed by atoms with Crippen LogP contribution in [0.25, 0.3) is 11.1 Å². The molecule has 0 atom stereocenters. The summed E-state index contributed by atoms with van der Waals surface area (Å²) in [5.74, 6) is 0.996. The first kappa shape index (κ1) is 11.0. The Labute approximate surface area is 96.3 Å². The lowest BCUT2D eigenvalue weighted by Crippen LogP contribution is -2.04. The van der Waals surface area contributed by atoms with Crippen molar-refractivity contribution in [1.82, 2.24) is 5.32 Å². The normalized spacial score (nSPS) is 10.6. The number of hydrogen-bond donors (Lipinski definition) is 1. The maximum Gasteiger partial charge on any atom is 0.125 e. The van der Waals surface area contributed by atoms with Gasteiger partial charge in [0, 0.05) is 5.56 Å². The Bertz CT molecular complexity index is 459. The van der Waals surface area contributed by atoms with Gasteiger partial charge < -0.3 is 9.73 Å². The van der Waals surface area contributed by atoms with Gasteiger partial charge in [-0.3, -0.25) is 0 Å². The van der Waals surface area contributed by atoms with Gasteiger partial charge in [-0.05, 0) is 30.7 Å². The van der Waals surface area contributed by atoms with Crippen LogP contribution in [-0.2, 0) is 13.0 Å². The predicted octanol–water partition coefficient (Wildman–Crippen LogP) is 3.23. The Morgan fingerprint density at radius 1 is 1.25 bits per heavy atom. The molecule has 1 heterocycles. The predicted molar refractivity (Wildman–Crippen MR) is 66.3 cm³/mol. The highest BCUT2D eigenvalue weighted by Crippen LogP contribution is 2.25. The van der Waals surface area contributed by atoms with E-state index in [1.807, 2.05) is 13.1 Å². The molecule has 2 heteroatoms. The quantitative estimate of drug-likeness (QED) is 0.847. The molecule has 1 aromatic carbocycles. The Morgan fingerprint density at radius 2 is 2.12 bits per heavy atom. The molecule has 0 bridgehead atoms. The molecule has 2 aromatic rings.